The maximum Gasteiger partial charge on any atom is 0.308 e. The Morgan fingerprint density at radius 3 is 2.70 bits per heavy atom. The molecule has 0 N–H and O–H groups in total. The topological polar surface area (TPSA) is 99.7 Å². The van der Waals surface area contributed by atoms with E-state index in [1.807, 2.05) is 37.3 Å². The van der Waals surface area contributed by atoms with E-state index in [1.54, 1.807) is 10.6 Å². The van der Waals surface area contributed by atoms with Crippen LogP contribution in [0.5, 0.6) is 0 Å². The summed E-state index contributed by atoms with van der Waals surface area (Å²) in [7, 11) is 0. The van der Waals surface area contributed by atoms with Gasteiger partial charge in [-0.25, -0.2) is 9.37 Å². The predicted octanol–water partition coefficient (Wildman–Crippen LogP) is 5.24. The number of ether oxygens (including phenoxy) is 2. The highest BCUT2D eigenvalue weighted by Crippen LogP contribution is 2.33. The van der Waals surface area contributed by atoms with E-state index in [1.165, 1.54) is 12.1 Å². The van der Waals surface area contributed by atoms with Crippen molar-refractivity contribution in [1.82, 2.24) is 19.6 Å². The van der Waals surface area contributed by atoms with E-state index in [-0.39, 0.29) is 42.6 Å². The second-order valence-corrected chi connectivity index (χ2v) is 11.5. The number of esters is 1. The van der Waals surface area contributed by atoms with Crippen LogP contribution in [0, 0.1) is 12.7 Å². The fraction of sp³-hybridized carbons (Fsp3) is 0.455. The molecule has 0 saturated carbocycles. The van der Waals surface area contributed by atoms with Gasteiger partial charge in [-0.2, -0.15) is 0 Å². The minimum atomic E-state index is -0.390. The van der Waals surface area contributed by atoms with Crippen molar-refractivity contribution in [3.63, 3.8) is 0 Å². The fourth-order valence-corrected chi connectivity index (χ4v) is 6.26. The quantitative estimate of drug-likeness (QED) is 0.183. The van der Waals surface area contributed by atoms with Gasteiger partial charge in [0, 0.05) is 48.1 Å². The summed E-state index contributed by atoms with van der Waals surface area (Å²) in [4.78, 5) is 32.9. The van der Waals surface area contributed by atoms with E-state index in [2.05, 4.69) is 10.1 Å². The first-order chi connectivity index (χ1) is 21.0. The van der Waals surface area contributed by atoms with Crippen molar-refractivity contribution in [2.24, 2.45) is 0 Å². The van der Waals surface area contributed by atoms with Gasteiger partial charge in [-0.15, -0.1) is 0 Å². The molecule has 4 heterocycles. The number of rotatable bonds is 10. The molecule has 2 aromatic carbocycles. The van der Waals surface area contributed by atoms with Gasteiger partial charge in [-0.1, -0.05) is 35.5 Å². The number of piperidine rings is 1. The zero-order valence-electron chi connectivity index (χ0n) is 24.5. The van der Waals surface area contributed by atoms with Crippen LogP contribution >= 0.6 is 0 Å². The van der Waals surface area contributed by atoms with Crippen LogP contribution in [-0.2, 0) is 33.7 Å². The van der Waals surface area contributed by atoms with E-state index in [0.29, 0.717) is 30.8 Å². The predicted molar refractivity (Wildman–Crippen MR) is 158 cm³/mol. The van der Waals surface area contributed by atoms with Crippen molar-refractivity contribution < 1.29 is 23.2 Å². The van der Waals surface area contributed by atoms with Gasteiger partial charge in [0.15, 0.2) is 12.4 Å². The number of carbonyl (C=O) groups is 1. The molecule has 2 aliphatic rings. The van der Waals surface area contributed by atoms with Gasteiger partial charge >= 0.3 is 5.97 Å². The highest BCUT2D eigenvalue weighted by molar-refractivity contribution is 5.79. The van der Waals surface area contributed by atoms with Gasteiger partial charge in [0.25, 0.3) is 5.56 Å². The Balaban J connectivity index is 1.01. The first kappa shape index (κ1) is 29.2. The minimum Gasteiger partial charge on any atom is -0.438 e. The fourth-order valence-electron chi connectivity index (χ4n) is 6.26. The second-order valence-electron chi connectivity index (χ2n) is 11.5. The van der Waals surface area contributed by atoms with Crippen LogP contribution in [0.1, 0.15) is 72.5 Å². The molecule has 9 nitrogen and oxygen atoms in total. The summed E-state index contributed by atoms with van der Waals surface area (Å²) < 4.78 is 31.9. The first-order valence-corrected chi connectivity index (χ1v) is 15.1. The molecule has 226 valence electrons. The second kappa shape index (κ2) is 13.2. The molecule has 1 atom stereocenters. The number of benzene rings is 2. The molecule has 2 aromatic heterocycles. The van der Waals surface area contributed by atoms with Gasteiger partial charge in [0.1, 0.15) is 17.7 Å². The summed E-state index contributed by atoms with van der Waals surface area (Å²) in [6.45, 7) is 4.88. The van der Waals surface area contributed by atoms with Crippen LogP contribution in [0.15, 0.2) is 57.8 Å². The summed E-state index contributed by atoms with van der Waals surface area (Å²) in [6, 6.07) is 14.4. The van der Waals surface area contributed by atoms with Crippen LogP contribution in [0.4, 0.5) is 4.39 Å². The van der Waals surface area contributed by atoms with E-state index in [0.717, 1.165) is 73.2 Å². The summed E-state index contributed by atoms with van der Waals surface area (Å²) >= 11 is 0. The Hall–Kier alpha value is -3.89. The van der Waals surface area contributed by atoms with Crippen molar-refractivity contribution in [3.8, 4) is 0 Å². The monoisotopic (exact) mass is 588 g/mol. The average molecular weight is 589 g/mol. The molecule has 0 aliphatic carbocycles. The van der Waals surface area contributed by atoms with Crippen molar-refractivity contribution in [2.45, 2.75) is 70.4 Å². The molecule has 1 fully saturated rings. The number of fused-ring (bicyclic) bond motifs is 2. The molecule has 10 heteroatoms. The van der Waals surface area contributed by atoms with Crippen molar-refractivity contribution in [1.29, 1.82) is 0 Å². The Morgan fingerprint density at radius 1 is 1.07 bits per heavy atom. The maximum atomic E-state index is 13.5. The number of aromatic nitrogens is 3. The number of hydrogen-bond acceptors (Lipinski definition) is 8. The lowest BCUT2D eigenvalue weighted by molar-refractivity contribution is -0.162. The zero-order valence-corrected chi connectivity index (χ0v) is 24.5. The number of aryl methyl sites for hydroxylation is 2. The Labute approximate surface area is 249 Å². The number of nitrogens with zero attached hydrogens (tertiary/aromatic N) is 4. The molecular formula is C33H37FN4O5. The normalized spacial score (nSPS) is 17.7. The molecule has 0 radical (unpaired) electrons. The largest absolute Gasteiger partial charge is 0.438 e. The summed E-state index contributed by atoms with van der Waals surface area (Å²) in [6.07, 6.45) is 4.50. The van der Waals surface area contributed by atoms with Gasteiger partial charge in [0.2, 0.25) is 0 Å². The molecule has 4 aromatic rings. The molecule has 6 rings (SSSR count). The zero-order chi connectivity index (χ0) is 29.8. The molecule has 2 aliphatic heterocycles. The van der Waals surface area contributed by atoms with Crippen molar-refractivity contribution >= 4 is 16.9 Å². The summed E-state index contributed by atoms with van der Waals surface area (Å²) in [5.41, 5.74) is 3.93. The molecule has 0 bridgehead atoms. The van der Waals surface area contributed by atoms with Gasteiger partial charge in [-0.3, -0.25) is 14.2 Å². The third kappa shape index (κ3) is 6.70. The highest BCUT2D eigenvalue weighted by Gasteiger charge is 2.28. The van der Waals surface area contributed by atoms with Crippen LogP contribution in [0.25, 0.3) is 11.0 Å². The van der Waals surface area contributed by atoms with Crippen LogP contribution in [0.2, 0.25) is 0 Å². The molecular weight excluding hydrogens is 551 g/mol. The van der Waals surface area contributed by atoms with Gasteiger partial charge < -0.3 is 18.9 Å². The molecule has 43 heavy (non-hydrogen) atoms. The van der Waals surface area contributed by atoms with E-state index >= 15 is 0 Å². The van der Waals surface area contributed by atoms with Crippen LogP contribution in [-0.4, -0.2) is 52.0 Å². The van der Waals surface area contributed by atoms with Gasteiger partial charge in [-0.05, 0) is 76.2 Å². The summed E-state index contributed by atoms with van der Waals surface area (Å²) in [5.74, 6) is 0.233. The lowest BCUT2D eigenvalue weighted by Gasteiger charge is -2.31. The number of carbonyl (C=O) groups excluding carboxylic acids is 1. The smallest absolute Gasteiger partial charge is 0.308 e. The lowest BCUT2D eigenvalue weighted by Crippen LogP contribution is -2.38. The van der Waals surface area contributed by atoms with E-state index < -0.39 is 0 Å². The Bertz CT molecular complexity index is 1630. The lowest BCUT2D eigenvalue weighted by atomic mass is 9.91. The van der Waals surface area contributed by atoms with Crippen molar-refractivity contribution in [2.75, 3.05) is 26.4 Å². The van der Waals surface area contributed by atoms with Crippen LogP contribution < -0.4 is 5.56 Å². The number of halogens is 1. The molecule has 0 spiro atoms. The maximum absolute atomic E-state index is 13.5. The van der Waals surface area contributed by atoms with Crippen molar-refractivity contribution in [3.05, 3.63) is 93.0 Å². The van der Waals surface area contributed by atoms with Gasteiger partial charge in [0.05, 0.1) is 5.69 Å². The van der Waals surface area contributed by atoms with E-state index in [9.17, 15) is 14.0 Å². The standard InChI is InChI=1S/C33H37FN4O5/c1-22-26(15-19-37-17-13-24(14-18-37)31-27-11-10-25(34)20-29(27)43-36-31)33(40)38-16-5-8-28(32(38)35-22)41-21-42-30(39)12-9-23-6-3-2-4-7-23/h2-4,6-7,10-11,20,24,28H,5,8-9,12-19,21H2,1H3. The molecule has 1 unspecified atom stereocenters. The third-order valence-corrected chi connectivity index (χ3v) is 8.70. The third-order valence-electron chi connectivity index (χ3n) is 8.70. The summed E-state index contributed by atoms with van der Waals surface area (Å²) in [5, 5.41) is 5.13. The number of hydrogen-bond donors (Lipinski definition) is 0. The number of likely N-dealkylation sites (tertiary alicyclic amines) is 1. The minimum absolute atomic E-state index is 0.00755. The van der Waals surface area contributed by atoms with E-state index in [4.69, 9.17) is 19.0 Å². The van der Waals surface area contributed by atoms with Crippen LogP contribution in [0.3, 0.4) is 0 Å². The Kier molecular flexibility index (Phi) is 8.95. The average Bonchev–Trinajstić information content (AvgIpc) is 3.44. The highest BCUT2D eigenvalue weighted by atomic mass is 19.1. The molecule has 0 amide bonds. The SMILES string of the molecule is Cc1nc2n(c(=O)c1CCN1CCC(c3noc4cc(F)ccc34)CC1)CCCC2OCOC(=O)CCc1ccccc1. The Morgan fingerprint density at radius 2 is 1.88 bits per heavy atom. The molecule has 1 saturated heterocycles. The first-order valence-electron chi connectivity index (χ1n) is 15.1.